The summed E-state index contributed by atoms with van der Waals surface area (Å²) < 4.78 is 29.9. The standard InChI is InChI=1S/C22H25ClN4O3S/c1-22(2,3)16-5-7-17(8-6-16)31(29,30)26-21-10-9-18(23)20(24-21)13-19(25-28)15-11-12-27(4)14-15/h5-12,14,19H,13H2,1-4H3,(H,24,26). The fraction of sp³-hybridized carbons (Fsp3) is 0.318. The summed E-state index contributed by atoms with van der Waals surface area (Å²) in [6.07, 6.45) is 3.77. The maximum absolute atomic E-state index is 12.8. The molecule has 0 amide bonds. The molecule has 0 spiro atoms. The molecule has 1 N–H and O–H groups in total. The molecule has 0 radical (unpaired) electrons. The topological polar surface area (TPSA) is 93.4 Å². The van der Waals surface area contributed by atoms with Crippen molar-refractivity contribution in [3.63, 3.8) is 0 Å². The minimum absolute atomic E-state index is 0.0791. The lowest BCUT2D eigenvalue weighted by molar-refractivity contribution is 0.587. The van der Waals surface area contributed by atoms with Crippen LogP contribution in [0, 0.1) is 4.91 Å². The first-order valence-electron chi connectivity index (χ1n) is 9.73. The van der Waals surface area contributed by atoms with E-state index in [1.54, 1.807) is 42.6 Å². The Hall–Kier alpha value is -2.71. The van der Waals surface area contributed by atoms with Crippen LogP contribution in [0.15, 0.2) is 64.9 Å². The third-order valence-electron chi connectivity index (χ3n) is 4.94. The van der Waals surface area contributed by atoms with Gasteiger partial charge in [-0.25, -0.2) is 13.4 Å². The number of hydrogen-bond acceptors (Lipinski definition) is 5. The summed E-state index contributed by atoms with van der Waals surface area (Å²) in [5, 5.41) is 3.52. The van der Waals surface area contributed by atoms with Crippen LogP contribution in [0.4, 0.5) is 5.82 Å². The molecule has 0 saturated heterocycles. The van der Waals surface area contributed by atoms with E-state index in [-0.39, 0.29) is 22.5 Å². The molecule has 7 nitrogen and oxygen atoms in total. The Balaban J connectivity index is 1.83. The number of nitrogens with one attached hydrogen (secondary N) is 1. The summed E-state index contributed by atoms with van der Waals surface area (Å²) in [5.74, 6) is 0.122. The summed E-state index contributed by atoms with van der Waals surface area (Å²) >= 11 is 6.25. The van der Waals surface area contributed by atoms with Crippen LogP contribution < -0.4 is 4.72 Å². The number of halogens is 1. The van der Waals surface area contributed by atoms with Crippen LogP contribution >= 0.6 is 11.6 Å². The second-order valence-electron chi connectivity index (χ2n) is 8.44. The molecule has 1 unspecified atom stereocenters. The van der Waals surface area contributed by atoms with Crippen molar-refractivity contribution in [2.75, 3.05) is 4.72 Å². The Morgan fingerprint density at radius 1 is 1.13 bits per heavy atom. The largest absolute Gasteiger partial charge is 0.357 e. The highest BCUT2D eigenvalue weighted by molar-refractivity contribution is 7.92. The van der Waals surface area contributed by atoms with E-state index in [4.69, 9.17) is 11.6 Å². The molecule has 31 heavy (non-hydrogen) atoms. The Kier molecular flexibility index (Phi) is 6.52. The second kappa shape index (κ2) is 8.80. The summed E-state index contributed by atoms with van der Waals surface area (Å²) in [4.78, 5) is 15.9. The van der Waals surface area contributed by atoms with Crippen LogP contribution in [0.2, 0.25) is 5.02 Å². The average Bonchev–Trinajstić information content (AvgIpc) is 3.13. The van der Waals surface area contributed by atoms with Crippen molar-refractivity contribution in [2.24, 2.45) is 12.2 Å². The van der Waals surface area contributed by atoms with Crippen LogP contribution in [0.1, 0.15) is 43.6 Å². The van der Waals surface area contributed by atoms with Gasteiger partial charge in [0.15, 0.2) is 0 Å². The normalized spacial score (nSPS) is 13.1. The molecule has 0 aliphatic rings. The first-order valence-corrected chi connectivity index (χ1v) is 11.6. The molecule has 2 heterocycles. The van der Waals surface area contributed by atoms with Crippen LogP contribution in [0.5, 0.6) is 0 Å². The number of sulfonamides is 1. The molecule has 0 fully saturated rings. The molecule has 164 valence electrons. The van der Waals surface area contributed by atoms with Crippen molar-refractivity contribution < 1.29 is 8.42 Å². The van der Waals surface area contributed by atoms with Crippen LogP contribution in [-0.2, 0) is 28.9 Å². The number of aromatic nitrogens is 2. The van der Waals surface area contributed by atoms with Gasteiger partial charge in [-0.3, -0.25) is 4.72 Å². The summed E-state index contributed by atoms with van der Waals surface area (Å²) in [7, 11) is -1.98. The number of nitrogens with zero attached hydrogens (tertiary/aromatic N) is 3. The molecule has 3 rings (SSSR count). The molecule has 1 aromatic carbocycles. The van der Waals surface area contributed by atoms with E-state index in [1.807, 2.05) is 17.8 Å². The Morgan fingerprint density at radius 2 is 1.81 bits per heavy atom. The highest BCUT2D eigenvalue weighted by atomic mass is 35.5. The first-order chi connectivity index (χ1) is 14.5. The van der Waals surface area contributed by atoms with Gasteiger partial charge < -0.3 is 4.57 Å². The number of anilines is 1. The SMILES string of the molecule is Cn1ccc(C(Cc2nc(NS(=O)(=O)c3ccc(C(C)(C)C)cc3)ccc2Cl)N=O)c1. The minimum Gasteiger partial charge on any atom is -0.357 e. The van der Waals surface area contributed by atoms with Crippen molar-refractivity contribution >= 4 is 27.4 Å². The number of rotatable bonds is 7. The van der Waals surface area contributed by atoms with Crippen molar-refractivity contribution in [3.05, 3.63) is 81.6 Å². The van der Waals surface area contributed by atoms with Gasteiger partial charge in [-0.1, -0.05) is 49.7 Å². The quantitative estimate of drug-likeness (QED) is 0.489. The smallest absolute Gasteiger partial charge is 0.263 e. The zero-order valence-electron chi connectivity index (χ0n) is 17.8. The van der Waals surface area contributed by atoms with Gasteiger partial charge in [0.1, 0.15) is 11.9 Å². The minimum atomic E-state index is -3.83. The Bertz CT molecular complexity index is 1180. The molecule has 0 aliphatic heterocycles. The van der Waals surface area contributed by atoms with E-state index >= 15 is 0 Å². The van der Waals surface area contributed by atoms with Gasteiger partial charge in [-0.2, -0.15) is 4.91 Å². The maximum atomic E-state index is 12.8. The van der Waals surface area contributed by atoms with Crippen LogP contribution in [0.3, 0.4) is 0 Å². The number of pyridine rings is 1. The monoisotopic (exact) mass is 460 g/mol. The van der Waals surface area contributed by atoms with Gasteiger partial charge in [-0.15, -0.1) is 0 Å². The maximum Gasteiger partial charge on any atom is 0.263 e. The van der Waals surface area contributed by atoms with Gasteiger partial charge >= 0.3 is 0 Å². The molecule has 2 aromatic heterocycles. The molecule has 9 heteroatoms. The summed E-state index contributed by atoms with van der Waals surface area (Å²) in [6.45, 7) is 6.18. The number of benzene rings is 1. The van der Waals surface area contributed by atoms with Gasteiger partial charge in [-0.05, 0) is 46.9 Å². The second-order valence-corrected chi connectivity index (χ2v) is 10.5. The van der Waals surface area contributed by atoms with Crippen molar-refractivity contribution in [2.45, 2.75) is 43.5 Å². The Morgan fingerprint density at radius 3 is 2.35 bits per heavy atom. The lowest BCUT2D eigenvalue weighted by atomic mass is 9.87. The first kappa shape index (κ1) is 23.0. The molecule has 3 aromatic rings. The van der Waals surface area contributed by atoms with Crippen LogP contribution in [0.25, 0.3) is 0 Å². The predicted octanol–water partition coefficient (Wildman–Crippen LogP) is 5.22. The molecule has 1 atom stereocenters. The predicted molar refractivity (Wildman–Crippen MR) is 123 cm³/mol. The average molecular weight is 461 g/mol. The van der Waals surface area contributed by atoms with E-state index in [1.165, 1.54) is 6.07 Å². The Labute approximate surface area is 187 Å². The molecule has 0 bridgehead atoms. The van der Waals surface area contributed by atoms with Crippen molar-refractivity contribution in [1.29, 1.82) is 0 Å². The van der Waals surface area contributed by atoms with Crippen LogP contribution in [-0.4, -0.2) is 18.0 Å². The van der Waals surface area contributed by atoms with E-state index < -0.39 is 16.1 Å². The third-order valence-corrected chi connectivity index (χ3v) is 6.66. The van der Waals surface area contributed by atoms with Gasteiger partial charge in [0, 0.05) is 25.9 Å². The molecular weight excluding hydrogens is 436 g/mol. The highest BCUT2D eigenvalue weighted by Gasteiger charge is 2.20. The van der Waals surface area contributed by atoms with Crippen molar-refractivity contribution in [3.8, 4) is 0 Å². The zero-order valence-corrected chi connectivity index (χ0v) is 19.4. The third kappa shape index (κ3) is 5.51. The lowest BCUT2D eigenvalue weighted by Crippen LogP contribution is -2.16. The summed E-state index contributed by atoms with van der Waals surface area (Å²) in [5.41, 5.74) is 2.08. The number of aryl methyl sites for hydroxylation is 1. The summed E-state index contributed by atoms with van der Waals surface area (Å²) in [6, 6.07) is 10.9. The van der Waals surface area contributed by atoms with E-state index in [2.05, 4.69) is 35.7 Å². The molecule has 0 saturated carbocycles. The molecular formula is C22H25ClN4O3S. The zero-order chi connectivity index (χ0) is 22.8. The van der Waals surface area contributed by atoms with Gasteiger partial charge in [0.05, 0.1) is 15.6 Å². The number of nitroso groups, excluding NO2 is 1. The molecule has 0 aliphatic carbocycles. The fourth-order valence-electron chi connectivity index (χ4n) is 3.14. The van der Waals surface area contributed by atoms with E-state index in [0.717, 1.165) is 11.1 Å². The van der Waals surface area contributed by atoms with Gasteiger partial charge in [0.2, 0.25) is 0 Å². The number of hydrogen-bond donors (Lipinski definition) is 1. The van der Waals surface area contributed by atoms with Gasteiger partial charge in [0.25, 0.3) is 10.0 Å². The van der Waals surface area contributed by atoms with E-state index in [0.29, 0.717) is 10.7 Å². The van der Waals surface area contributed by atoms with E-state index in [9.17, 15) is 13.3 Å². The van der Waals surface area contributed by atoms with Crippen molar-refractivity contribution in [1.82, 2.24) is 9.55 Å². The highest BCUT2D eigenvalue weighted by Crippen LogP contribution is 2.28. The fourth-order valence-corrected chi connectivity index (χ4v) is 4.32. The lowest BCUT2D eigenvalue weighted by Gasteiger charge is -2.19.